The van der Waals surface area contributed by atoms with Crippen LogP contribution in [0.4, 0.5) is 17.2 Å². The lowest BCUT2D eigenvalue weighted by atomic mass is 9.99. The number of nitrogens with zero attached hydrogens (tertiary/aromatic N) is 3. The van der Waals surface area contributed by atoms with E-state index in [4.69, 9.17) is 0 Å². The number of aldehydes is 1. The van der Waals surface area contributed by atoms with Gasteiger partial charge >= 0.3 is 0 Å². The molecule has 0 aliphatic carbocycles. The Labute approximate surface area is 143 Å². The van der Waals surface area contributed by atoms with Crippen molar-refractivity contribution >= 4 is 29.2 Å². The Morgan fingerprint density at radius 2 is 2.04 bits per heavy atom. The smallest absolute Gasteiger partial charge is 0.163 e. The summed E-state index contributed by atoms with van der Waals surface area (Å²) in [5.74, 6) is 1.16. The van der Waals surface area contributed by atoms with Gasteiger partial charge in [0.05, 0.1) is 11.4 Å². The molecule has 0 aliphatic rings. The molecule has 2 rings (SSSR count). The van der Waals surface area contributed by atoms with E-state index in [-0.39, 0.29) is 0 Å². The minimum Gasteiger partial charge on any atom is -0.338 e. The summed E-state index contributed by atoms with van der Waals surface area (Å²) in [4.78, 5) is 23.8. The van der Waals surface area contributed by atoms with Crippen molar-refractivity contribution in [2.75, 3.05) is 5.32 Å². The molecule has 0 aliphatic heterocycles. The summed E-state index contributed by atoms with van der Waals surface area (Å²) < 4.78 is 0. The predicted octanol–water partition coefficient (Wildman–Crippen LogP) is 4.33. The van der Waals surface area contributed by atoms with Gasteiger partial charge in [-0.25, -0.2) is 15.0 Å². The second kappa shape index (κ2) is 7.81. The van der Waals surface area contributed by atoms with Crippen LogP contribution in [-0.2, 0) is 11.2 Å². The van der Waals surface area contributed by atoms with E-state index < -0.39 is 0 Å². The number of carbonyl (C=O) groups is 1. The minimum atomic E-state index is 0.391. The van der Waals surface area contributed by atoms with Gasteiger partial charge in [-0.1, -0.05) is 31.5 Å². The molecule has 1 aromatic heterocycles. The molecule has 1 N–H and O–H groups in total. The number of rotatable bonds is 6. The van der Waals surface area contributed by atoms with Crippen LogP contribution in [0.15, 0.2) is 29.5 Å². The molecule has 0 bridgehead atoms. The van der Waals surface area contributed by atoms with E-state index in [1.165, 1.54) is 17.5 Å². The number of carbonyl (C=O) groups excluding carboxylic acids is 1. The second-order valence-electron chi connectivity index (χ2n) is 6.41. The molecule has 126 valence electrons. The van der Waals surface area contributed by atoms with Crippen molar-refractivity contribution in [2.45, 2.75) is 41.0 Å². The van der Waals surface area contributed by atoms with E-state index in [1.807, 2.05) is 6.92 Å². The Kier molecular flexibility index (Phi) is 5.79. The van der Waals surface area contributed by atoms with Crippen LogP contribution in [-0.4, -0.2) is 22.0 Å². The van der Waals surface area contributed by atoms with Gasteiger partial charge in [0, 0.05) is 5.69 Å². The van der Waals surface area contributed by atoms with Gasteiger partial charge in [-0.2, -0.15) is 0 Å². The number of hydrogen-bond acceptors (Lipinski definition) is 5. The number of aliphatic imine (C=N–C) groups is 1. The van der Waals surface area contributed by atoms with E-state index >= 15 is 0 Å². The maximum atomic E-state index is 10.9. The number of anilines is 2. The third-order valence-electron chi connectivity index (χ3n) is 3.61. The number of nitrogens with one attached hydrogen (secondary N) is 1. The zero-order chi connectivity index (χ0) is 17.7. The molecule has 0 atom stereocenters. The van der Waals surface area contributed by atoms with E-state index in [1.54, 1.807) is 6.92 Å². The number of hydrogen-bond donors (Lipinski definition) is 1. The van der Waals surface area contributed by atoms with Crippen LogP contribution in [0.1, 0.15) is 37.6 Å². The van der Waals surface area contributed by atoms with Gasteiger partial charge < -0.3 is 5.32 Å². The molecular formula is C19H24N4O. The van der Waals surface area contributed by atoms with Crippen molar-refractivity contribution in [1.82, 2.24) is 9.97 Å². The maximum absolute atomic E-state index is 10.9. The highest BCUT2D eigenvalue weighted by atomic mass is 16.1. The zero-order valence-corrected chi connectivity index (χ0v) is 14.9. The maximum Gasteiger partial charge on any atom is 0.163 e. The first-order valence-electron chi connectivity index (χ1n) is 8.09. The molecule has 5 heteroatoms. The molecule has 1 aromatic carbocycles. The van der Waals surface area contributed by atoms with Crippen LogP contribution in [0, 0.1) is 19.8 Å². The molecule has 0 fully saturated rings. The number of aryl methyl sites for hydroxylation is 2. The van der Waals surface area contributed by atoms with Gasteiger partial charge in [-0.15, -0.1) is 0 Å². The van der Waals surface area contributed by atoms with E-state index in [0.29, 0.717) is 23.1 Å². The zero-order valence-electron chi connectivity index (χ0n) is 14.9. The molecular weight excluding hydrogens is 300 g/mol. The molecule has 0 spiro atoms. The third kappa shape index (κ3) is 4.47. The highest BCUT2D eigenvalue weighted by Gasteiger charge is 2.11. The number of benzene rings is 1. The van der Waals surface area contributed by atoms with Crippen molar-refractivity contribution < 1.29 is 4.79 Å². The Bertz CT molecular complexity index is 766. The summed E-state index contributed by atoms with van der Waals surface area (Å²) >= 11 is 0. The topological polar surface area (TPSA) is 67.2 Å². The SMILES string of the molecule is C/C(C=O)=N\c1c(C)ncnc1Nc1ccc(C)cc1CC(C)C. The Hall–Kier alpha value is -2.56. The fraction of sp³-hybridized carbons (Fsp3) is 0.368. The average Bonchev–Trinajstić information content (AvgIpc) is 2.52. The van der Waals surface area contributed by atoms with Crippen molar-refractivity contribution in [1.29, 1.82) is 0 Å². The minimum absolute atomic E-state index is 0.391. The van der Waals surface area contributed by atoms with Crippen molar-refractivity contribution in [3.8, 4) is 0 Å². The first-order chi connectivity index (χ1) is 11.4. The molecule has 5 nitrogen and oxygen atoms in total. The Morgan fingerprint density at radius 1 is 1.29 bits per heavy atom. The van der Waals surface area contributed by atoms with Gasteiger partial charge in [-0.3, -0.25) is 4.79 Å². The second-order valence-corrected chi connectivity index (χ2v) is 6.41. The van der Waals surface area contributed by atoms with Crippen molar-refractivity contribution in [3.05, 3.63) is 41.3 Å². The first-order valence-corrected chi connectivity index (χ1v) is 8.09. The van der Waals surface area contributed by atoms with Crippen LogP contribution in [0.25, 0.3) is 0 Å². The van der Waals surface area contributed by atoms with Gasteiger partial charge in [0.25, 0.3) is 0 Å². The van der Waals surface area contributed by atoms with Gasteiger partial charge in [0.15, 0.2) is 12.1 Å². The summed E-state index contributed by atoms with van der Waals surface area (Å²) in [6, 6.07) is 6.32. The van der Waals surface area contributed by atoms with Crippen LogP contribution in [0.3, 0.4) is 0 Å². The molecule has 0 radical (unpaired) electrons. The van der Waals surface area contributed by atoms with Crippen molar-refractivity contribution in [3.63, 3.8) is 0 Å². The summed E-state index contributed by atoms with van der Waals surface area (Å²) in [5, 5.41) is 3.37. The summed E-state index contributed by atoms with van der Waals surface area (Å²) in [6.45, 7) is 10.0. The lowest BCUT2D eigenvalue weighted by molar-refractivity contribution is -0.102. The van der Waals surface area contributed by atoms with Crippen LogP contribution in [0.2, 0.25) is 0 Å². The van der Waals surface area contributed by atoms with Crippen LogP contribution >= 0.6 is 0 Å². The molecule has 1 heterocycles. The van der Waals surface area contributed by atoms with Gasteiger partial charge in [-0.05, 0) is 44.7 Å². The third-order valence-corrected chi connectivity index (χ3v) is 3.61. The molecule has 0 amide bonds. The van der Waals surface area contributed by atoms with E-state index in [2.05, 4.69) is 59.2 Å². The average molecular weight is 324 g/mol. The monoisotopic (exact) mass is 324 g/mol. The quantitative estimate of drug-likeness (QED) is 0.634. The van der Waals surface area contributed by atoms with Crippen LogP contribution in [0.5, 0.6) is 0 Å². The summed E-state index contributed by atoms with van der Waals surface area (Å²) in [5.41, 5.74) is 5.19. The fourth-order valence-corrected chi connectivity index (χ4v) is 2.48. The van der Waals surface area contributed by atoms with Gasteiger partial charge in [0.2, 0.25) is 0 Å². The van der Waals surface area contributed by atoms with E-state index in [0.717, 1.165) is 24.1 Å². The van der Waals surface area contributed by atoms with E-state index in [9.17, 15) is 4.79 Å². The molecule has 0 saturated heterocycles. The lowest BCUT2D eigenvalue weighted by Crippen LogP contribution is -2.03. The highest BCUT2D eigenvalue weighted by molar-refractivity contribution is 6.27. The molecule has 0 unspecified atom stereocenters. The molecule has 0 saturated carbocycles. The normalized spacial score (nSPS) is 11.7. The predicted molar refractivity (Wildman–Crippen MR) is 98.6 cm³/mol. The fourth-order valence-electron chi connectivity index (χ4n) is 2.48. The standard InChI is InChI=1S/C19H24N4O/c1-12(2)8-16-9-13(3)6-7-17(16)23-19-18(22-14(4)10-24)15(5)20-11-21-19/h6-7,9-12H,8H2,1-5H3,(H,20,21,23)/b22-14+. The summed E-state index contributed by atoms with van der Waals surface area (Å²) in [6.07, 6.45) is 3.20. The van der Waals surface area contributed by atoms with Gasteiger partial charge in [0.1, 0.15) is 12.0 Å². The van der Waals surface area contributed by atoms with Crippen LogP contribution < -0.4 is 5.32 Å². The molecule has 2 aromatic rings. The highest BCUT2D eigenvalue weighted by Crippen LogP contribution is 2.30. The molecule has 24 heavy (non-hydrogen) atoms. The number of aromatic nitrogens is 2. The van der Waals surface area contributed by atoms with Crippen molar-refractivity contribution in [2.24, 2.45) is 10.9 Å². The Balaban J connectivity index is 2.45. The summed E-state index contributed by atoms with van der Waals surface area (Å²) in [7, 11) is 0. The Morgan fingerprint density at radius 3 is 2.71 bits per heavy atom. The largest absolute Gasteiger partial charge is 0.338 e. The lowest BCUT2D eigenvalue weighted by Gasteiger charge is -2.15. The first kappa shape index (κ1) is 17.8.